The number of para-hydroxylation sites is 2. The van der Waals surface area contributed by atoms with Crippen molar-refractivity contribution < 1.29 is 9.47 Å². The van der Waals surface area contributed by atoms with Crippen LogP contribution < -0.4 is 9.47 Å². The molecule has 0 aliphatic carbocycles. The molecule has 3 heteroatoms. The van der Waals surface area contributed by atoms with E-state index in [0.29, 0.717) is 0 Å². The molecule has 0 aromatic heterocycles. The van der Waals surface area contributed by atoms with Crippen molar-refractivity contribution in [1.29, 1.82) is 0 Å². The van der Waals surface area contributed by atoms with Crippen LogP contribution in [0.4, 0.5) is 0 Å². The fourth-order valence-electron chi connectivity index (χ4n) is 1.38. The number of ether oxygens (including phenoxy) is 2. The minimum Gasteiger partial charge on any atom is -0.435 e. The van der Waals surface area contributed by atoms with Gasteiger partial charge in [-0.15, -0.1) is 0 Å². The van der Waals surface area contributed by atoms with Gasteiger partial charge in [0.15, 0.2) is 11.5 Å². The lowest BCUT2D eigenvalue weighted by molar-refractivity contribution is 0.101. The third kappa shape index (κ3) is 0.771. The topological polar surface area (TPSA) is 18.5 Å². The highest BCUT2D eigenvalue weighted by Gasteiger charge is 2.72. The Labute approximate surface area is 74.9 Å². The maximum Gasteiger partial charge on any atom is 0.350 e. The Hall–Kier alpha value is -0.830. The maximum atomic E-state index is 5.76. The Morgan fingerprint density at radius 2 is 2.08 bits per heavy atom. The molecule has 0 bridgehead atoms. The van der Waals surface area contributed by atoms with Crippen LogP contribution in [0.1, 0.15) is 6.92 Å². The molecule has 2 heterocycles. The molecular weight excluding hydrogens is 172 g/mol. The second-order valence-electron chi connectivity index (χ2n) is 3.20. The number of hydrogen-bond acceptors (Lipinski definition) is 2. The van der Waals surface area contributed by atoms with E-state index < -0.39 is 0 Å². The quantitative estimate of drug-likeness (QED) is 0.341. The van der Waals surface area contributed by atoms with E-state index in [2.05, 4.69) is 6.92 Å². The summed E-state index contributed by atoms with van der Waals surface area (Å²) in [5.74, 6) is 1.76. The van der Waals surface area contributed by atoms with Gasteiger partial charge in [0.05, 0.1) is 11.8 Å². The molecule has 2 nitrogen and oxygen atoms in total. The van der Waals surface area contributed by atoms with E-state index >= 15 is 0 Å². The smallest absolute Gasteiger partial charge is 0.350 e. The standard InChI is InChI=1S/C9H8O2S/c1-9-8(12-9)10-6-4-2-3-5-7(6)11-9/h2-5,8H,1H3/p+1. The van der Waals surface area contributed by atoms with Crippen molar-refractivity contribution in [2.45, 2.75) is 17.3 Å². The van der Waals surface area contributed by atoms with Crippen LogP contribution in [-0.2, 0) is 11.8 Å². The molecule has 1 saturated heterocycles. The van der Waals surface area contributed by atoms with E-state index in [1.54, 1.807) is 0 Å². The Balaban J connectivity index is 2.06. The summed E-state index contributed by atoms with van der Waals surface area (Å²) >= 11 is 1.25. The Morgan fingerprint density at radius 1 is 1.33 bits per heavy atom. The summed E-state index contributed by atoms with van der Waals surface area (Å²) in [6.45, 7) is 2.08. The van der Waals surface area contributed by atoms with Crippen molar-refractivity contribution in [2.75, 3.05) is 0 Å². The molecule has 1 aromatic carbocycles. The molecule has 0 radical (unpaired) electrons. The predicted octanol–water partition coefficient (Wildman–Crippen LogP) is 1.33. The largest absolute Gasteiger partial charge is 0.435 e. The Bertz CT molecular complexity index is 339. The van der Waals surface area contributed by atoms with E-state index in [4.69, 9.17) is 9.47 Å². The number of benzene rings is 1. The third-order valence-corrected chi connectivity index (χ3v) is 3.56. The maximum absolute atomic E-state index is 5.76. The van der Waals surface area contributed by atoms with E-state index in [1.165, 1.54) is 11.8 Å². The average molecular weight is 181 g/mol. The molecule has 0 spiro atoms. The van der Waals surface area contributed by atoms with Crippen LogP contribution >= 0.6 is 0 Å². The first-order valence-corrected chi connectivity index (χ1v) is 4.91. The third-order valence-electron chi connectivity index (χ3n) is 2.17. The number of thiol groups is 1. The van der Waals surface area contributed by atoms with Crippen molar-refractivity contribution >= 4 is 11.8 Å². The van der Waals surface area contributed by atoms with Crippen LogP contribution in [-0.4, -0.2) is 10.4 Å². The van der Waals surface area contributed by atoms with Crippen molar-refractivity contribution in [3.05, 3.63) is 24.3 Å². The summed E-state index contributed by atoms with van der Waals surface area (Å²) < 4.78 is 11.4. The summed E-state index contributed by atoms with van der Waals surface area (Å²) in [4.78, 5) is -0.0612. The van der Waals surface area contributed by atoms with Crippen LogP contribution in [0.25, 0.3) is 0 Å². The second kappa shape index (κ2) is 1.91. The van der Waals surface area contributed by atoms with Gasteiger partial charge in [-0.2, -0.15) is 0 Å². The van der Waals surface area contributed by atoms with E-state index in [1.807, 2.05) is 24.3 Å². The summed E-state index contributed by atoms with van der Waals surface area (Å²) in [6.07, 6.45) is 0. The number of rotatable bonds is 0. The fourth-order valence-corrected chi connectivity index (χ4v) is 2.20. The highest BCUT2D eigenvalue weighted by molar-refractivity contribution is 7.88. The zero-order valence-electron chi connectivity index (χ0n) is 6.65. The van der Waals surface area contributed by atoms with Crippen LogP contribution in [0.2, 0.25) is 0 Å². The minimum atomic E-state index is -0.0612. The monoisotopic (exact) mass is 181 g/mol. The Morgan fingerprint density at radius 3 is 2.92 bits per heavy atom. The first-order valence-electron chi connectivity index (χ1n) is 3.95. The second-order valence-corrected chi connectivity index (χ2v) is 4.82. The van der Waals surface area contributed by atoms with Crippen LogP contribution in [0, 0.1) is 0 Å². The zero-order valence-corrected chi connectivity index (χ0v) is 7.54. The fraction of sp³-hybridized carbons (Fsp3) is 0.333. The summed E-state index contributed by atoms with van der Waals surface area (Å²) in [6, 6.07) is 7.82. The molecule has 0 N–H and O–H groups in total. The average Bonchev–Trinajstić information content (AvgIpc) is 2.70. The summed E-state index contributed by atoms with van der Waals surface area (Å²) in [5.41, 5.74) is 0.257. The van der Waals surface area contributed by atoms with Crippen molar-refractivity contribution in [1.82, 2.24) is 0 Å². The number of hydrogen-bond donors (Lipinski definition) is 0. The van der Waals surface area contributed by atoms with Gasteiger partial charge in [0.1, 0.15) is 0 Å². The van der Waals surface area contributed by atoms with Crippen molar-refractivity contribution in [3.8, 4) is 11.5 Å². The van der Waals surface area contributed by atoms with Gasteiger partial charge >= 0.3 is 10.4 Å². The molecular formula is C9H9O2S+. The van der Waals surface area contributed by atoms with Crippen LogP contribution in [0.5, 0.6) is 11.5 Å². The lowest BCUT2D eigenvalue weighted by Crippen LogP contribution is -2.26. The molecule has 3 rings (SSSR count). The molecule has 0 amide bonds. The van der Waals surface area contributed by atoms with Gasteiger partial charge in [0, 0.05) is 6.92 Å². The molecule has 1 fully saturated rings. The van der Waals surface area contributed by atoms with Gasteiger partial charge in [0.2, 0.25) is 0 Å². The molecule has 2 unspecified atom stereocenters. The molecule has 2 aliphatic rings. The molecule has 1 aromatic rings. The van der Waals surface area contributed by atoms with Crippen LogP contribution in [0.3, 0.4) is 0 Å². The van der Waals surface area contributed by atoms with Gasteiger partial charge in [-0.05, 0) is 12.1 Å². The van der Waals surface area contributed by atoms with E-state index in [9.17, 15) is 0 Å². The van der Waals surface area contributed by atoms with Crippen LogP contribution in [0.15, 0.2) is 24.3 Å². The summed E-state index contributed by atoms with van der Waals surface area (Å²) in [5, 5.41) is 0. The van der Waals surface area contributed by atoms with E-state index in [0.717, 1.165) is 11.5 Å². The van der Waals surface area contributed by atoms with Gasteiger partial charge < -0.3 is 9.47 Å². The first-order chi connectivity index (χ1) is 5.78. The first kappa shape index (κ1) is 6.66. The van der Waals surface area contributed by atoms with Crippen molar-refractivity contribution in [2.24, 2.45) is 0 Å². The van der Waals surface area contributed by atoms with Gasteiger partial charge in [-0.25, -0.2) is 0 Å². The zero-order chi connectivity index (χ0) is 8.18. The molecule has 0 saturated carbocycles. The van der Waals surface area contributed by atoms with Gasteiger partial charge in [0.25, 0.3) is 0 Å². The molecule has 2 aliphatic heterocycles. The lowest BCUT2D eigenvalue weighted by atomic mass is 10.3. The van der Waals surface area contributed by atoms with Crippen molar-refractivity contribution in [3.63, 3.8) is 0 Å². The van der Waals surface area contributed by atoms with Gasteiger partial charge in [-0.3, -0.25) is 0 Å². The predicted molar refractivity (Wildman–Crippen MR) is 48.7 cm³/mol. The highest BCUT2D eigenvalue weighted by Crippen LogP contribution is 2.48. The molecule has 2 atom stereocenters. The number of fused-ring (bicyclic) bond motifs is 2. The Kier molecular flexibility index (Phi) is 1.06. The SMILES string of the molecule is CC12Oc3ccccc3OC1[SH+]2. The van der Waals surface area contributed by atoms with E-state index in [-0.39, 0.29) is 10.4 Å². The normalized spacial score (nSPS) is 35.6. The van der Waals surface area contributed by atoms with Gasteiger partial charge in [-0.1, -0.05) is 12.1 Å². The lowest BCUT2D eigenvalue weighted by Gasteiger charge is -2.15. The molecule has 62 valence electrons. The molecule has 12 heavy (non-hydrogen) atoms. The summed E-state index contributed by atoms with van der Waals surface area (Å²) in [7, 11) is 0. The minimum absolute atomic E-state index is 0.0612. The highest BCUT2D eigenvalue weighted by atomic mass is 32.2.